The van der Waals surface area contributed by atoms with E-state index in [1.54, 1.807) is 0 Å². The first-order chi connectivity index (χ1) is 16.6. The SMILES string of the molecule is CC1CCc2nc3ccccc3c(C(=O)N3CCN(CC(=O)NCc4ccccc4)CC3)c2C1. The predicted molar refractivity (Wildman–Crippen MR) is 134 cm³/mol. The molecule has 6 nitrogen and oxygen atoms in total. The van der Waals surface area contributed by atoms with Crippen LogP contribution in [0.3, 0.4) is 0 Å². The number of hydrogen-bond donors (Lipinski definition) is 1. The van der Waals surface area contributed by atoms with Crippen molar-refractivity contribution in [3.8, 4) is 0 Å². The lowest BCUT2D eigenvalue weighted by atomic mass is 9.83. The quantitative estimate of drug-likeness (QED) is 0.639. The minimum absolute atomic E-state index is 0.0202. The molecule has 1 aromatic heterocycles. The summed E-state index contributed by atoms with van der Waals surface area (Å²) in [6.07, 6.45) is 2.97. The number of nitrogens with one attached hydrogen (secondary N) is 1. The highest BCUT2D eigenvalue weighted by atomic mass is 16.2. The zero-order chi connectivity index (χ0) is 23.5. The molecule has 1 aliphatic carbocycles. The molecule has 2 aromatic carbocycles. The van der Waals surface area contributed by atoms with Gasteiger partial charge in [0.25, 0.3) is 5.91 Å². The average Bonchev–Trinajstić information content (AvgIpc) is 2.87. The summed E-state index contributed by atoms with van der Waals surface area (Å²) < 4.78 is 0. The van der Waals surface area contributed by atoms with Gasteiger partial charge < -0.3 is 10.2 Å². The van der Waals surface area contributed by atoms with Crippen LogP contribution < -0.4 is 5.32 Å². The monoisotopic (exact) mass is 456 g/mol. The maximum atomic E-state index is 13.8. The van der Waals surface area contributed by atoms with Crippen molar-refractivity contribution in [3.05, 3.63) is 77.0 Å². The third-order valence-electron chi connectivity index (χ3n) is 7.08. The van der Waals surface area contributed by atoms with E-state index < -0.39 is 0 Å². The average molecular weight is 457 g/mol. The molecule has 1 aliphatic heterocycles. The number of benzene rings is 2. The minimum atomic E-state index is 0.0202. The van der Waals surface area contributed by atoms with Crippen LogP contribution in [0.25, 0.3) is 10.9 Å². The number of fused-ring (bicyclic) bond motifs is 2. The second kappa shape index (κ2) is 9.94. The lowest BCUT2D eigenvalue weighted by Gasteiger charge is -2.35. The highest BCUT2D eigenvalue weighted by Crippen LogP contribution is 2.32. The van der Waals surface area contributed by atoms with E-state index in [-0.39, 0.29) is 11.8 Å². The fraction of sp³-hybridized carbons (Fsp3) is 0.393. The molecule has 0 bridgehead atoms. The lowest BCUT2D eigenvalue weighted by molar-refractivity contribution is -0.122. The Balaban J connectivity index is 1.25. The normalized spacial score (nSPS) is 18.5. The Bertz CT molecular complexity index is 1190. The van der Waals surface area contributed by atoms with E-state index in [0.29, 0.717) is 45.2 Å². The molecule has 34 heavy (non-hydrogen) atoms. The Kier molecular flexibility index (Phi) is 6.59. The first kappa shape index (κ1) is 22.5. The molecule has 2 amide bonds. The van der Waals surface area contributed by atoms with E-state index in [1.165, 1.54) is 0 Å². The zero-order valence-electron chi connectivity index (χ0n) is 19.8. The van der Waals surface area contributed by atoms with Crippen LogP contribution in [0.1, 0.15) is 40.5 Å². The molecule has 1 N–H and O–H groups in total. The molecule has 176 valence electrons. The Labute approximate surface area is 201 Å². The first-order valence-electron chi connectivity index (χ1n) is 12.3. The molecule has 3 aromatic rings. The highest BCUT2D eigenvalue weighted by Gasteiger charge is 2.29. The van der Waals surface area contributed by atoms with Crippen molar-refractivity contribution >= 4 is 22.7 Å². The van der Waals surface area contributed by atoms with Gasteiger partial charge in [-0.25, -0.2) is 0 Å². The molecule has 6 heteroatoms. The van der Waals surface area contributed by atoms with Crippen LogP contribution in [0.15, 0.2) is 54.6 Å². The number of para-hydroxylation sites is 1. The number of piperazine rings is 1. The Morgan fingerprint density at radius 3 is 2.53 bits per heavy atom. The fourth-order valence-electron chi connectivity index (χ4n) is 5.13. The molecule has 1 fully saturated rings. The first-order valence-corrected chi connectivity index (χ1v) is 12.3. The second-order valence-electron chi connectivity index (χ2n) is 9.61. The summed E-state index contributed by atoms with van der Waals surface area (Å²) in [5.74, 6) is 0.692. The summed E-state index contributed by atoms with van der Waals surface area (Å²) in [4.78, 5) is 35.2. The van der Waals surface area contributed by atoms with Crippen LogP contribution >= 0.6 is 0 Å². The molecular weight excluding hydrogens is 424 g/mol. The Morgan fingerprint density at radius 1 is 1.00 bits per heavy atom. The number of nitrogens with zero attached hydrogens (tertiary/aromatic N) is 3. The summed E-state index contributed by atoms with van der Waals surface area (Å²) in [5, 5.41) is 3.96. The minimum Gasteiger partial charge on any atom is -0.351 e. The van der Waals surface area contributed by atoms with Crippen molar-refractivity contribution < 1.29 is 9.59 Å². The van der Waals surface area contributed by atoms with Gasteiger partial charge in [-0.05, 0) is 42.4 Å². The fourth-order valence-corrected chi connectivity index (χ4v) is 5.13. The molecule has 1 atom stereocenters. The highest BCUT2D eigenvalue weighted by molar-refractivity contribution is 6.07. The molecule has 1 saturated heterocycles. The van der Waals surface area contributed by atoms with Gasteiger partial charge in [0.15, 0.2) is 0 Å². The lowest BCUT2D eigenvalue weighted by Crippen LogP contribution is -2.51. The standard InChI is InChI=1S/C28H32N4O2/c1-20-11-12-25-23(17-20)27(22-9-5-6-10-24(22)30-25)28(34)32-15-13-31(14-16-32)19-26(33)29-18-21-7-3-2-4-8-21/h2-10,20H,11-19H2,1H3,(H,29,33). The van der Waals surface area contributed by atoms with Crippen LogP contribution in [0, 0.1) is 5.92 Å². The van der Waals surface area contributed by atoms with Crippen LogP contribution in [-0.4, -0.2) is 59.3 Å². The molecular formula is C28H32N4O2. The Hall–Kier alpha value is -3.25. The van der Waals surface area contributed by atoms with Gasteiger partial charge in [-0.3, -0.25) is 19.5 Å². The van der Waals surface area contributed by atoms with Crippen LogP contribution in [0.4, 0.5) is 0 Å². The number of rotatable bonds is 5. The summed E-state index contributed by atoms with van der Waals surface area (Å²) in [7, 11) is 0. The van der Waals surface area contributed by atoms with Gasteiger partial charge in [0.1, 0.15) is 0 Å². The van der Waals surface area contributed by atoms with Crippen molar-refractivity contribution in [2.75, 3.05) is 32.7 Å². The number of amides is 2. The van der Waals surface area contributed by atoms with Gasteiger partial charge in [0.2, 0.25) is 5.91 Å². The topological polar surface area (TPSA) is 65.5 Å². The van der Waals surface area contributed by atoms with Gasteiger partial charge >= 0.3 is 0 Å². The number of hydrogen-bond acceptors (Lipinski definition) is 4. The number of aryl methyl sites for hydroxylation is 1. The number of carbonyl (C=O) groups is 2. The molecule has 2 aliphatic rings. The largest absolute Gasteiger partial charge is 0.351 e. The smallest absolute Gasteiger partial charge is 0.254 e. The van der Waals surface area contributed by atoms with Gasteiger partial charge in [-0.15, -0.1) is 0 Å². The van der Waals surface area contributed by atoms with E-state index in [2.05, 4.69) is 17.1 Å². The molecule has 0 radical (unpaired) electrons. The molecule has 0 spiro atoms. The predicted octanol–water partition coefficient (Wildman–Crippen LogP) is 3.43. The van der Waals surface area contributed by atoms with Crippen molar-refractivity contribution in [2.45, 2.75) is 32.7 Å². The van der Waals surface area contributed by atoms with Gasteiger partial charge in [-0.2, -0.15) is 0 Å². The van der Waals surface area contributed by atoms with E-state index >= 15 is 0 Å². The third kappa shape index (κ3) is 4.82. The molecule has 2 heterocycles. The van der Waals surface area contributed by atoms with Crippen molar-refractivity contribution in [3.63, 3.8) is 0 Å². The van der Waals surface area contributed by atoms with E-state index in [1.807, 2.05) is 59.5 Å². The Morgan fingerprint density at radius 2 is 1.74 bits per heavy atom. The summed E-state index contributed by atoms with van der Waals surface area (Å²) >= 11 is 0. The molecule has 1 unspecified atom stereocenters. The maximum absolute atomic E-state index is 13.8. The summed E-state index contributed by atoms with van der Waals surface area (Å²) in [6, 6.07) is 18.0. The number of carbonyl (C=O) groups excluding carboxylic acids is 2. The maximum Gasteiger partial charge on any atom is 0.254 e. The summed E-state index contributed by atoms with van der Waals surface area (Å²) in [6.45, 7) is 5.82. The van der Waals surface area contributed by atoms with Crippen LogP contribution in [0.2, 0.25) is 0 Å². The van der Waals surface area contributed by atoms with E-state index in [4.69, 9.17) is 4.98 Å². The van der Waals surface area contributed by atoms with Gasteiger partial charge in [0, 0.05) is 43.8 Å². The van der Waals surface area contributed by atoms with Crippen LogP contribution in [0.5, 0.6) is 0 Å². The zero-order valence-corrected chi connectivity index (χ0v) is 19.8. The third-order valence-corrected chi connectivity index (χ3v) is 7.08. The molecule has 0 saturated carbocycles. The van der Waals surface area contributed by atoms with Gasteiger partial charge in [0.05, 0.1) is 17.6 Å². The van der Waals surface area contributed by atoms with E-state index in [0.717, 1.165) is 52.5 Å². The van der Waals surface area contributed by atoms with Gasteiger partial charge in [-0.1, -0.05) is 55.5 Å². The summed E-state index contributed by atoms with van der Waals surface area (Å²) in [5.41, 5.74) is 5.08. The van der Waals surface area contributed by atoms with Crippen LogP contribution in [-0.2, 0) is 24.2 Å². The van der Waals surface area contributed by atoms with Crippen molar-refractivity contribution in [2.24, 2.45) is 5.92 Å². The van der Waals surface area contributed by atoms with Crippen molar-refractivity contribution in [1.29, 1.82) is 0 Å². The molecule has 5 rings (SSSR count). The second-order valence-corrected chi connectivity index (χ2v) is 9.61. The number of aromatic nitrogens is 1. The van der Waals surface area contributed by atoms with Crippen molar-refractivity contribution in [1.82, 2.24) is 20.1 Å². The van der Waals surface area contributed by atoms with E-state index in [9.17, 15) is 9.59 Å². The number of pyridine rings is 1.